The molecule has 0 bridgehead atoms. The Kier molecular flexibility index (Phi) is 5.61. The molecule has 2 N–H and O–H groups in total. The molecular formula is C23H23N7O2S. The third-order valence-electron chi connectivity index (χ3n) is 5.70. The highest BCUT2D eigenvalue weighted by Gasteiger charge is 2.45. The van der Waals surface area contributed by atoms with Crippen molar-refractivity contribution >= 4 is 23.2 Å². The maximum absolute atomic E-state index is 12.5. The third kappa shape index (κ3) is 4.22. The van der Waals surface area contributed by atoms with Crippen molar-refractivity contribution in [3.63, 3.8) is 0 Å². The van der Waals surface area contributed by atoms with Crippen molar-refractivity contribution in [3.05, 3.63) is 65.9 Å². The smallest absolute Gasteiger partial charge is 0.258 e. The Morgan fingerprint density at radius 3 is 2.88 bits per heavy atom. The van der Waals surface area contributed by atoms with Crippen LogP contribution in [0.3, 0.4) is 0 Å². The average Bonchev–Trinajstić information content (AvgIpc) is 3.59. The van der Waals surface area contributed by atoms with Crippen LogP contribution in [-0.4, -0.2) is 60.8 Å². The van der Waals surface area contributed by atoms with Gasteiger partial charge in [0, 0.05) is 56.1 Å². The van der Waals surface area contributed by atoms with Crippen molar-refractivity contribution in [1.29, 1.82) is 0 Å². The molecule has 1 saturated heterocycles. The molecule has 168 valence electrons. The summed E-state index contributed by atoms with van der Waals surface area (Å²) in [6, 6.07) is 11.1. The van der Waals surface area contributed by atoms with E-state index in [2.05, 4.69) is 20.4 Å². The Morgan fingerprint density at radius 2 is 2.09 bits per heavy atom. The lowest BCUT2D eigenvalue weighted by atomic mass is 9.91. The van der Waals surface area contributed by atoms with Gasteiger partial charge in [-0.25, -0.2) is 15.0 Å². The van der Waals surface area contributed by atoms with Crippen LogP contribution in [0.4, 0.5) is 5.95 Å². The Balaban J connectivity index is 1.33. The molecule has 3 aromatic heterocycles. The molecule has 4 heterocycles. The van der Waals surface area contributed by atoms with E-state index in [4.69, 9.17) is 4.98 Å². The molecule has 4 aromatic rings. The molecule has 33 heavy (non-hydrogen) atoms. The molecule has 9 nitrogen and oxygen atoms in total. The van der Waals surface area contributed by atoms with Crippen molar-refractivity contribution in [3.8, 4) is 22.0 Å². The number of amides is 1. The van der Waals surface area contributed by atoms with E-state index in [0.717, 1.165) is 22.0 Å². The number of nitrogens with zero attached hydrogens (tertiary/aromatic N) is 6. The summed E-state index contributed by atoms with van der Waals surface area (Å²) >= 11 is 1.49. The molecule has 1 aromatic carbocycles. The monoisotopic (exact) mass is 461 g/mol. The van der Waals surface area contributed by atoms with Gasteiger partial charge < -0.3 is 15.3 Å². The number of thiazole rings is 1. The normalized spacial score (nSPS) is 18.1. The van der Waals surface area contributed by atoms with Gasteiger partial charge in [-0.2, -0.15) is 5.10 Å². The van der Waals surface area contributed by atoms with Crippen LogP contribution in [-0.2, 0) is 16.9 Å². The maximum atomic E-state index is 12.5. The minimum Gasteiger partial charge on any atom is -0.375 e. The molecule has 10 heteroatoms. The summed E-state index contributed by atoms with van der Waals surface area (Å²) in [5, 5.41) is 21.1. The van der Waals surface area contributed by atoms with Gasteiger partial charge in [-0.1, -0.05) is 18.2 Å². The fraction of sp³-hybridized carbons (Fsp3) is 0.261. The van der Waals surface area contributed by atoms with Crippen LogP contribution in [0.5, 0.6) is 0 Å². The van der Waals surface area contributed by atoms with E-state index in [1.54, 1.807) is 30.4 Å². The third-order valence-corrected chi connectivity index (χ3v) is 6.59. The highest BCUT2D eigenvalue weighted by Crippen LogP contribution is 2.36. The minimum absolute atomic E-state index is 0.270. The van der Waals surface area contributed by atoms with Crippen LogP contribution in [0.25, 0.3) is 22.0 Å². The van der Waals surface area contributed by atoms with Gasteiger partial charge in [-0.15, -0.1) is 11.3 Å². The van der Waals surface area contributed by atoms with Gasteiger partial charge in [-0.3, -0.25) is 9.48 Å². The van der Waals surface area contributed by atoms with Gasteiger partial charge in [0.15, 0.2) is 5.60 Å². The number of aromatic nitrogens is 5. The summed E-state index contributed by atoms with van der Waals surface area (Å²) in [7, 11) is 1.71. The maximum Gasteiger partial charge on any atom is 0.258 e. The molecule has 1 atom stereocenters. The number of carbonyl (C=O) groups is 1. The number of hydrogen-bond acceptors (Lipinski definition) is 8. The van der Waals surface area contributed by atoms with Crippen molar-refractivity contribution in [1.82, 2.24) is 29.6 Å². The van der Waals surface area contributed by atoms with Crippen molar-refractivity contribution in [2.24, 2.45) is 0 Å². The summed E-state index contributed by atoms with van der Waals surface area (Å²) in [6.45, 7) is 1.90. The number of aliphatic hydroxyl groups is 1. The van der Waals surface area contributed by atoms with Crippen molar-refractivity contribution in [2.75, 3.05) is 25.5 Å². The molecule has 1 aliphatic heterocycles. The van der Waals surface area contributed by atoms with E-state index in [0.29, 0.717) is 37.6 Å². The number of carbonyl (C=O) groups excluding carboxylic acids is 1. The second-order valence-corrected chi connectivity index (χ2v) is 8.78. The minimum atomic E-state index is -1.48. The first kappa shape index (κ1) is 21.2. The number of rotatable bonds is 7. The number of hydrogen-bond donors (Lipinski definition) is 2. The number of likely N-dealkylation sites (tertiary alicyclic amines) is 1. The largest absolute Gasteiger partial charge is 0.375 e. The molecule has 0 saturated carbocycles. The zero-order valence-electron chi connectivity index (χ0n) is 18.0. The van der Waals surface area contributed by atoms with E-state index in [1.807, 2.05) is 46.6 Å². The first-order valence-electron chi connectivity index (χ1n) is 10.6. The molecule has 1 fully saturated rings. The Bertz CT molecular complexity index is 1270. The van der Waals surface area contributed by atoms with E-state index in [9.17, 15) is 9.90 Å². The van der Waals surface area contributed by atoms with Gasteiger partial charge in [0.1, 0.15) is 10.7 Å². The van der Waals surface area contributed by atoms with Crippen LogP contribution in [0, 0.1) is 0 Å². The van der Waals surface area contributed by atoms with Gasteiger partial charge in [0.2, 0.25) is 5.95 Å². The lowest BCUT2D eigenvalue weighted by Crippen LogP contribution is -2.36. The zero-order valence-corrected chi connectivity index (χ0v) is 18.9. The number of anilines is 1. The van der Waals surface area contributed by atoms with Gasteiger partial charge in [0.05, 0.1) is 12.2 Å². The molecule has 0 radical (unpaired) electrons. The summed E-state index contributed by atoms with van der Waals surface area (Å²) < 4.78 is 1.84. The summed E-state index contributed by atoms with van der Waals surface area (Å²) in [6.07, 6.45) is 5.74. The lowest BCUT2D eigenvalue weighted by Gasteiger charge is -2.21. The number of likely N-dealkylation sites (N-methyl/N-ethyl adjacent to an activating group) is 1. The highest BCUT2D eigenvalue weighted by molar-refractivity contribution is 7.13. The molecule has 0 aliphatic carbocycles. The summed E-state index contributed by atoms with van der Waals surface area (Å²) in [5.41, 5.74) is 1.43. The molecule has 5 rings (SSSR count). The van der Waals surface area contributed by atoms with Crippen molar-refractivity contribution < 1.29 is 9.90 Å². The predicted molar refractivity (Wildman–Crippen MR) is 125 cm³/mol. The number of benzene rings is 1. The van der Waals surface area contributed by atoms with Crippen LogP contribution in [0.1, 0.15) is 12.0 Å². The number of nitrogens with one attached hydrogen (secondary N) is 1. The molecular weight excluding hydrogens is 438 g/mol. The lowest BCUT2D eigenvalue weighted by molar-refractivity contribution is -0.143. The first-order valence-corrected chi connectivity index (χ1v) is 11.5. The van der Waals surface area contributed by atoms with E-state index < -0.39 is 5.60 Å². The van der Waals surface area contributed by atoms with Gasteiger partial charge in [0.25, 0.3) is 5.91 Å². The van der Waals surface area contributed by atoms with Crippen LogP contribution in [0.15, 0.2) is 60.4 Å². The molecule has 1 unspecified atom stereocenters. The topological polar surface area (TPSA) is 109 Å². The quantitative estimate of drug-likeness (QED) is 0.435. The standard InChI is InChI=1S/C23H23N7O2S/c1-29-12-7-23(32,21(29)31)17-5-2-4-16(14-17)20-27-19(15-33-20)18-6-9-24-22(28-18)25-10-13-30-11-3-8-26-30/h2-6,8-9,11,14-15,32H,7,10,12-13H2,1H3,(H,24,25,28). The van der Waals surface area contributed by atoms with Crippen LogP contribution < -0.4 is 5.32 Å². The van der Waals surface area contributed by atoms with Gasteiger partial charge >= 0.3 is 0 Å². The summed E-state index contributed by atoms with van der Waals surface area (Å²) in [4.78, 5) is 27.6. The van der Waals surface area contributed by atoms with E-state index >= 15 is 0 Å². The average molecular weight is 462 g/mol. The molecule has 0 spiro atoms. The van der Waals surface area contributed by atoms with E-state index in [1.165, 1.54) is 11.3 Å². The SMILES string of the molecule is CN1CCC(O)(c2cccc(-c3nc(-c4ccnc(NCCn5cccn5)n4)cs3)c2)C1=O. The Labute approximate surface area is 194 Å². The van der Waals surface area contributed by atoms with Crippen LogP contribution in [0.2, 0.25) is 0 Å². The molecule has 1 aliphatic rings. The van der Waals surface area contributed by atoms with Crippen molar-refractivity contribution in [2.45, 2.75) is 18.6 Å². The zero-order chi connectivity index (χ0) is 22.8. The predicted octanol–water partition coefficient (Wildman–Crippen LogP) is 2.63. The Morgan fingerprint density at radius 1 is 1.18 bits per heavy atom. The molecule has 1 amide bonds. The second kappa shape index (κ2) is 8.72. The van der Waals surface area contributed by atoms with Gasteiger partial charge in [-0.05, 0) is 23.8 Å². The first-order chi connectivity index (χ1) is 16.0. The fourth-order valence-corrected chi connectivity index (χ4v) is 4.67. The van der Waals surface area contributed by atoms with E-state index in [-0.39, 0.29) is 5.91 Å². The Hall–Kier alpha value is -3.63. The highest BCUT2D eigenvalue weighted by atomic mass is 32.1. The van der Waals surface area contributed by atoms with Crippen LogP contribution >= 0.6 is 11.3 Å². The fourth-order valence-electron chi connectivity index (χ4n) is 3.86. The summed E-state index contributed by atoms with van der Waals surface area (Å²) in [5.74, 6) is 0.260. The second-order valence-electron chi connectivity index (χ2n) is 7.92.